The largest absolute Gasteiger partial charge is 0.342 e. The van der Waals surface area contributed by atoms with Crippen molar-refractivity contribution in [2.24, 2.45) is 0 Å². The molecule has 2 aliphatic rings. The van der Waals surface area contributed by atoms with Gasteiger partial charge < -0.3 is 14.8 Å². The zero-order valence-corrected chi connectivity index (χ0v) is 16.3. The third kappa shape index (κ3) is 3.39. The summed E-state index contributed by atoms with van der Waals surface area (Å²) in [4.78, 5) is 36.9. The second-order valence-electron chi connectivity index (χ2n) is 7.93. The third-order valence-electron chi connectivity index (χ3n) is 6.00. The molecule has 5 rings (SSSR count). The molecule has 148 valence electrons. The number of amides is 2. The van der Waals surface area contributed by atoms with Gasteiger partial charge in [0.25, 0.3) is 5.91 Å². The molecule has 1 aromatic heterocycles. The number of anilines is 1. The van der Waals surface area contributed by atoms with Crippen molar-refractivity contribution in [3.8, 4) is 0 Å². The molecule has 2 aliphatic heterocycles. The molecule has 2 fully saturated rings. The SMILES string of the molecule is O=C(c1ccc(N2CCCC2=O)cc1)N1CCC[C@@H](c2nc3ccccc3[nH]2)C1. The van der Waals surface area contributed by atoms with E-state index in [1.807, 2.05) is 53.4 Å². The number of piperidine rings is 1. The number of aromatic nitrogens is 2. The summed E-state index contributed by atoms with van der Waals surface area (Å²) in [7, 11) is 0. The summed E-state index contributed by atoms with van der Waals surface area (Å²) in [6, 6.07) is 15.5. The van der Waals surface area contributed by atoms with Gasteiger partial charge in [0.15, 0.2) is 0 Å². The van der Waals surface area contributed by atoms with Crippen LogP contribution in [0.15, 0.2) is 48.5 Å². The van der Waals surface area contributed by atoms with Crippen molar-refractivity contribution in [3.05, 3.63) is 59.9 Å². The first-order valence-electron chi connectivity index (χ1n) is 10.3. The van der Waals surface area contributed by atoms with Crippen molar-refractivity contribution < 1.29 is 9.59 Å². The maximum Gasteiger partial charge on any atom is 0.253 e. The van der Waals surface area contributed by atoms with E-state index in [4.69, 9.17) is 4.98 Å². The monoisotopic (exact) mass is 388 g/mol. The summed E-state index contributed by atoms with van der Waals surface area (Å²) in [6.45, 7) is 2.20. The average Bonchev–Trinajstić information content (AvgIpc) is 3.39. The molecule has 2 aromatic carbocycles. The minimum absolute atomic E-state index is 0.0464. The van der Waals surface area contributed by atoms with Gasteiger partial charge in [0.2, 0.25) is 5.91 Å². The van der Waals surface area contributed by atoms with Gasteiger partial charge in [-0.3, -0.25) is 9.59 Å². The van der Waals surface area contributed by atoms with E-state index in [1.54, 1.807) is 4.90 Å². The van der Waals surface area contributed by atoms with Crippen LogP contribution in [-0.2, 0) is 4.79 Å². The van der Waals surface area contributed by atoms with Crippen LogP contribution in [0.4, 0.5) is 5.69 Å². The number of hydrogen-bond acceptors (Lipinski definition) is 3. The number of carbonyl (C=O) groups is 2. The number of benzene rings is 2. The van der Waals surface area contributed by atoms with Crippen LogP contribution < -0.4 is 4.90 Å². The number of likely N-dealkylation sites (tertiary alicyclic amines) is 1. The van der Waals surface area contributed by atoms with E-state index in [0.717, 1.165) is 54.9 Å². The molecule has 0 bridgehead atoms. The first-order chi connectivity index (χ1) is 14.2. The first kappa shape index (κ1) is 17.9. The van der Waals surface area contributed by atoms with Gasteiger partial charge in [0, 0.05) is 43.2 Å². The van der Waals surface area contributed by atoms with Gasteiger partial charge >= 0.3 is 0 Å². The van der Waals surface area contributed by atoms with Crippen molar-refractivity contribution in [1.29, 1.82) is 0 Å². The van der Waals surface area contributed by atoms with Gasteiger partial charge in [-0.2, -0.15) is 0 Å². The second-order valence-corrected chi connectivity index (χ2v) is 7.93. The summed E-state index contributed by atoms with van der Waals surface area (Å²) in [5, 5.41) is 0. The fraction of sp³-hybridized carbons (Fsp3) is 0.348. The maximum absolute atomic E-state index is 13.1. The lowest BCUT2D eigenvalue weighted by molar-refractivity contribution is -0.117. The molecule has 29 heavy (non-hydrogen) atoms. The lowest BCUT2D eigenvalue weighted by Gasteiger charge is -2.32. The van der Waals surface area contributed by atoms with Crippen LogP contribution in [0.5, 0.6) is 0 Å². The summed E-state index contributed by atoms with van der Waals surface area (Å²) in [5.74, 6) is 1.40. The summed E-state index contributed by atoms with van der Waals surface area (Å²) >= 11 is 0. The highest BCUT2D eigenvalue weighted by molar-refractivity contribution is 5.97. The highest BCUT2D eigenvalue weighted by atomic mass is 16.2. The fourth-order valence-corrected chi connectivity index (χ4v) is 4.44. The van der Waals surface area contributed by atoms with Crippen molar-refractivity contribution in [2.45, 2.75) is 31.6 Å². The van der Waals surface area contributed by atoms with Crippen molar-refractivity contribution in [2.75, 3.05) is 24.5 Å². The number of para-hydroxylation sites is 2. The van der Waals surface area contributed by atoms with Gasteiger partial charge in [-0.1, -0.05) is 12.1 Å². The Morgan fingerprint density at radius 3 is 2.62 bits per heavy atom. The number of nitrogens with one attached hydrogen (secondary N) is 1. The highest BCUT2D eigenvalue weighted by Gasteiger charge is 2.28. The van der Waals surface area contributed by atoms with E-state index in [9.17, 15) is 9.59 Å². The number of aromatic amines is 1. The summed E-state index contributed by atoms with van der Waals surface area (Å²) in [6.07, 6.45) is 3.50. The van der Waals surface area contributed by atoms with E-state index >= 15 is 0 Å². The molecule has 2 saturated heterocycles. The molecule has 0 unspecified atom stereocenters. The number of carbonyl (C=O) groups excluding carboxylic acids is 2. The molecule has 0 saturated carbocycles. The Bertz CT molecular complexity index is 1020. The molecule has 0 spiro atoms. The van der Waals surface area contributed by atoms with E-state index in [-0.39, 0.29) is 17.7 Å². The maximum atomic E-state index is 13.1. The van der Waals surface area contributed by atoms with Crippen LogP contribution in [0.1, 0.15) is 47.8 Å². The van der Waals surface area contributed by atoms with Crippen LogP contribution in [-0.4, -0.2) is 46.3 Å². The minimum Gasteiger partial charge on any atom is -0.342 e. The number of rotatable bonds is 3. The summed E-state index contributed by atoms with van der Waals surface area (Å²) < 4.78 is 0. The molecular weight excluding hydrogens is 364 g/mol. The van der Waals surface area contributed by atoms with E-state index < -0.39 is 0 Å². The Balaban J connectivity index is 1.31. The number of fused-ring (bicyclic) bond motifs is 1. The number of imidazole rings is 1. The molecule has 1 N–H and O–H groups in total. The predicted molar refractivity (Wildman–Crippen MR) is 112 cm³/mol. The van der Waals surface area contributed by atoms with E-state index in [0.29, 0.717) is 18.5 Å². The van der Waals surface area contributed by atoms with E-state index in [1.165, 1.54) is 0 Å². The molecule has 2 amide bonds. The van der Waals surface area contributed by atoms with Crippen LogP contribution in [0, 0.1) is 0 Å². The molecule has 1 atom stereocenters. The van der Waals surface area contributed by atoms with Gasteiger partial charge in [-0.25, -0.2) is 4.98 Å². The lowest BCUT2D eigenvalue weighted by Crippen LogP contribution is -2.39. The average molecular weight is 388 g/mol. The highest BCUT2D eigenvalue weighted by Crippen LogP contribution is 2.28. The first-order valence-corrected chi connectivity index (χ1v) is 10.3. The normalized spacial score (nSPS) is 19.9. The topological polar surface area (TPSA) is 69.3 Å². The Morgan fingerprint density at radius 2 is 1.86 bits per heavy atom. The summed E-state index contributed by atoms with van der Waals surface area (Å²) in [5.41, 5.74) is 3.56. The number of hydrogen-bond donors (Lipinski definition) is 1. The molecule has 0 radical (unpaired) electrons. The zero-order valence-electron chi connectivity index (χ0n) is 16.3. The molecule has 3 heterocycles. The van der Waals surface area contributed by atoms with Crippen molar-refractivity contribution >= 4 is 28.5 Å². The quantitative estimate of drug-likeness (QED) is 0.744. The smallest absolute Gasteiger partial charge is 0.253 e. The minimum atomic E-state index is 0.0464. The van der Waals surface area contributed by atoms with Gasteiger partial charge in [-0.15, -0.1) is 0 Å². The third-order valence-corrected chi connectivity index (χ3v) is 6.00. The van der Waals surface area contributed by atoms with Crippen molar-refractivity contribution in [3.63, 3.8) is 0 Å². The molecular formula is C23H24N4O2. The van der Waals surface area contributed by atoms with E-state index in [2.05, 4.69) is 4.98 Å². The molecule has 0 aliphatic carbocycles. The van der Waals surface area contributed by atoms with Gasteiger partial charge in [0.05, 0.1) is 11.0 Å². The van der Waals surface area contributed by atoms with Gasteiger partial charge in [0.1, 0.15) is 5.82 Å². The molecule has 6 nitrogen and oxygen atoms in total. The van der Waals surface area contributed by atoms with Crippen molar-refractivity contribution in [1.82, 2.24) is 14.9 Å². The Kier molecular flexibility index (Phi) is 4.54. The van der Waals surface area contributed by atoms with Crippen LogP contribution in [0.25, 0.3) is 11.0 Å². The fourth-order valence-electron chi connectivity index (χ4n) is 4.44. The zero-order chi connectivity index (χ0) is 19.8. The van der Waals surface area contributed by atoms with Crippen LogP contribution in [0.2, 0.25) is 0 Å². The Morgan fingerprint density at radius 1 is 1.03 bits per heavy atom. The Labute approximate surface area is 169 Å². The lowest BCUT2D eigenvalue weighted by atomic mass is 9.96. The molecule has 6 heteroatoms. The van der Waals surface area contributed by atoms with Crippen LogP contribution >= 0.6 is 0 Å². The number of nitrogens with zero attached hydrogens (tertiary/aromatic N) is 3. The van der Waals surface area contributed by atoms with Crippen LogP contribution in [0.3, 0.4) is 0 Å². The second kappa shape index (κ2) is 7.35. The van der Waals surface area contributed by atoms with Gasteiger partial charge in [-0.05, 0) is 55.7 Å². The number of H-pyrrole nitrogens is 1. The standard InChI is InChI=1S/C23H24N4O2/c28-21-8-4-14-27(21)18-11-9-16(10-12-18)23(29)26-13-3-5-17(15-26)22-24-19-6-1-2-7-20(19)25-22/h1-2,6-7,9-12,17H,3-5,8,13-15H2,(H,24,25)/t17-/m1/s1. The Hall–Kier alpha value is -3.15. The molecule has 3 aromatic rings. The predicted octanol–water partition coefficient (Wildman–Crippen LogP) is 3.71.